The molecule has 0 radical (unpaired) electrons. The molecule has 2 N–H and O–H groups in total. The van der Waals surface area contributed by atoms with Crippen LogP contribution in [-0.4, -0.2) is 44.8 Å². The Bertz CT molecular complexity index is 648. The molecule has 1 aliphatic heterocycles. The van der Waals surface area contributed by atoms with E-state index >= 15 is 0 Å². The number of rotatable bonds is 3. The van der Waals surface area contributed by atoms with Gasteiger partial charge in [-0.15, -0.1) is 0 Å². The molecule has 3 heterocycles. The third kappa shape index (κ3) is 2.18. The van der Waals surface area contributed by atoms with Crippen molar-refractivity contribution in [2.75, 3.05) is 18.0 Å². The number of fused-ring (bicyclic) bond motifs is 1. The summed E-state index contributed by atoms with van der Waals surface area (Å²) < 4.78 is 1.42. The summed E-state index contributed by atoms with van der Waals surface area (Å²) in [5.41, 5.74) is 0.360. The number of hydrogen-bond donors (Lipinski definition) is 2. The zero-order valence-electron chi connectivity index (χ0n) is 11.8. The first-order chi connectivity index (χ1) is 9.72. The van der Waals surface area contributed by atoms with E-state index in [1.54, 1.807) is 6.33 Å². The van der Waals surface area contributed by atoms with E-state index in [9.17, 15) is 4.79 Å². The number of H-pyrrole nitrogens is 1. The lowest BCUT2D eigenvalue weighted by Gasteiger charge is -2.40. The van der Waals surface area contributed by atoms with E-state index in [0.29, 0.717) is 17.7 Å². The van der Waals surface area contributed by atoms with Crippen LogP contribution in [0.3, 0.4) is 0 Å². The van der Waals surface area contributed by atoms with Gasteiger partial charge in [0.25, 0.3) is 0 Å². The van der Waals surface area contributed by atoms with Crippen LogP contribution in [0.4, 0.5) is 5.82 Å². The average molecular weight is 276 g/mol. The highest BCUT2D eigenvalue weighted by atomic mass is 16.1. The van der Waals surface area contributed by atoms with Crippen LogP contribution >= 0.6 is 0 Å². The Morgan fingerprint density at radius 1 is 1.40 bits per heavy atom. The standard InChI is InChI=1S/C13H20N6O/c1-3-9-7-18(10(4-2)6-14-9)11-5-12-16-17-13(20)19(12)8-15-11/h5,8-10,14H,3-4,6-7H2,1-2H3,(H,17,20). The van der Waals surface area contributed by atoms with Gasteiger partial charge in [0.05, 0.1) is 0 Å². The number of anilines is 1. The lowest BCUT2D eigenvalue weighted by molar-refractivity contribution is 0.376. The van der Waals surface area contributed by atoms with Crippen LogP contribution < -0.4 is 15.9 Å². The van der Waals surface area contributed by atoms with Crippen LogP contribution in [-0.2, 0) is 0 Å². The summed E-state index contributed by atoms with van der Waals surface area (Å²) in [7, 11) is 0. The lowest BCUT2D eigenvalue weighted by Crippen LogP contribution is -2.56. The van der Waals surface area contributed by atoms with Crippen LogP contribution in [0.1, 0.15) is 26.7 Å². The van der Waals surface area contributed by atoms with Crippen LogP contribution in [0.2, 0.25) is 0 Å². The molecule has 2 aromatic rings. The summed E-state index contributed by atoms with van der Waals surface area (Å²) in [5.74, 6) is 0.892. The summed E-state index contributed by atoms with van der Waals surface area (Å²) in [6, 6.07) is 2.79. The fourth-order valence-corrected chi connectivity index (χ4v) is 2.74. The van der Waals surface area contributed by atoms with Crippen molar-refractivity contribution in [2.24, 2.45) is 0 Å². The summed E-state index contributed by atoms with van der Waals surface area (Å²) in [6.07, 6.45) is 3.70. The summed E-state index contributed by atoms with van der Waals surface area (Å²) in [5, 5.41) is 10.0. The maximum atomic E-state index is 11.5. The van der Waals surface area contributed by atoms with Gasteiger partial charge in [0.15, 0.2) is 5.65 Å². The van der Waals surface area contributed by atoms with Gasteiger partial charge in [-0.25, -0.2) is 19.3 Å². The van der Waals surface area contributed by atoms with Gasteiger partial charge in [0.1, 0.15) is 12.1 Å². The van der Waals surface area contributed by atoms with Crippen molar-refractivity contribution < 1.29 is 0 Å². The Labute approximate surface area is 117 Å². The first-order valence-corrected chi connectivity index (χ1v) is 7.15. The van der Waals surface area contributed by atoms with Crippen molar-refractivity contribution in [2.45, 2.75) is 38.8 Å². The predicted molar refractivity (Wildman–Crippen MR) is 77.1 cm³/mol. The third-order valence-electron chi connectivity index (χ3n) is 4.05. The molecule has 0 spiro atoms. The van der Waals surface area contributed by atoms with Crippen molar-refractivity contribution in [3.05, 3.63) is 22.9 Å². The molecule has 7 heteroatoms. The van der Waals surface area contributed by atoms with Gasteiger partial charge < -0.3 is 10.2 Å². The minimum atomic E-state index is -0.252. The molecule has 2 unspecified atom stereocenters. The van der Waals surface area contributed by atoms with E-state index in [1.807, 2.05) is 6.07 Å². The van der Waals surface area contributed by atoms with Crippen LogP contribution in [0.25, 0.3) is 5.65 Å². The van der Waals surface area contributed by atoms with Gasteiger partial charge in [0.2, 0.25) is 0 Å². The number of aromatic amines is 1. The minimum Gasteiger partial charge on any atom is -0.351 e. The molecule has 20 heavy (non-hydrogen) atoms. The molecule has 2 aromatic heterocycles. The zero-order chi connectivity index (χ0) is 14.1. The molecule has 1 aliphatic rings. The summed E-state index contributed by atoms with van der Waals surface area (Å²) >= 11 is 0. The molecule has 108 valence electrons. The molecule has 1 fully saturated rings. The highest BCUT2D eigenvalue weighted by Crippen LogP contribution is 2.20. The minimum absolute atomic E-state index is 0.252. The molecule has 2 atom stereocenters. The first kappa shape index (κ1) is 13.1. The number of aromatic nitrogens is 4. The Balaban J connectivity index is 1.96. The predicted octanol–water partition coefficient (Wildman–Crippen LogP) is 0.384. The second-order valence-electron chi connectivity index (χ2n) is 5.23. The van der Waals surface area contributed by atoms with Gasteiger partial charge in [-0.3, -0.25) is 0 Å². The van der Waals surface area contributed by atoms with Crippen molar-refractivity contribution in [1.82, 2.24) is 24.9 Å². The molecule has 0 bridgehead atoms. The smallest absolute Gasteiger partial charge is 0.348 e. The Kier molecular flexibility index (Phi) is 3.43. The molecular formula is C13H20N6O. The van der Waals surface area contributed by atoms with Crippen molar-refractivity contribution in [3.8, 4) is 0 Å². The van der Waals surface area contributed by atoms with Gasteiger partial charge >= 0.3 is 5.69 Å². The number of nitrogens with zero attached hydrogens (tertiary/aromatic N) is 4. The zero-order valence-corrected chi connectivity index (χ0v) is 11.8. The molecule has 0 aromatic carbocycles. The van der Waals surface area contributed by atoms with E-state index in [1.165, 1.54) is 4.40 Å². The Morgan fingerprint density at radius 2 is 2.25 bits per heavy atom. The van der Waals surface area contributed by atoms with Crippen LogP contribution in [0.15, 0.2) is 17.2 Å². The van der Waals surface area contributed by atoms with E-state index in [0.717, 1.165) is 31.7 Å². The van der Waals surface area contributed by atoms with Gasteiger partial charge in [0, 0.05) is 31.2 Å². The second-order valence-corrected chi connectivity index (χ2v) is 5.23. The van der Waals surface area contributed by atoms with E-state index in [2.05, 4.69) is 39.2 Å². The average Bonchev–Trinajstić information content (AvgIpc) is 2.87. The molecule has 0 saturated carbocycles. The highest BCUT2D eigenvalue weighted by molar-refractivity contribution is 5.51. The largest absolute Gasteiger partial charge is 0.351 e. The van der Waals surface area contributed by atoms with Gasteiger partial charge in [-0.05, 0) is 12.8 Å². The molecule has 0 aliphatic carbocycles. The number of nitrogens with one attached hydrogen (secondary N) is 2. The van der Waals surface area contributed by atoms with E-state index < -0.39 is 0 Å². The molecule has 7 nitrogen and oxygen atoms in total. The number of hydrogen-bond acceptors (Lipinski definition) is 5. The van der Waals surface area contributed by atoms with Gasteiger partial charge in [-0.1, -0.05) is 13.8 Å². The van der Waals surface area contributed by atoms with Crippen molar-refractivity contribution in [1.29, 1.82) is 0 Å². The van der Waals surface area contributed by atoms with Crippen LogP contribution in [0, 0.1) is 0 Å². The Morgan fingerprint density at radius 3 is 3.00 bits per heavy atom. The summed E-state index contributed by atoms with van der Waals surface area (Å²) in [6.45, 7) is 6.28. The summed E-state index contributed by atoms with van der Waals surface area (Å²) in [4.78, 5) is 18.2. The van der Waals surface area contributed by atoms with Crippen molar-refractivity contribution in [3.63, 3.8) is 0 Å². The maximum absolute atomic E-state index is 11.5. The van der Waals surface area contributed by atoms with Crippen molar-refractivity contribution >= 4 is 11.5 Å². The quantitative estimate of drug-likeness (QED) is 0.847. The van der Waals surface area contributed by atoms with E-state index in [4.69, 9.17) is 0 Å². The highest BCUT2D eigenvalue weighted by Gasteiger charge is 2.27. The monoisotopic (exact) mass is 276 g/mol. The maximum Gasteiger partial charge on any atom is 0.348 e. The fourth-order valence-electron chi connectivity index (χ4n) is 2.74. The number of piperazine rings is 1. The topological polar surface area (TPSA) is 78.3 Å². The fraction of sp³-hybridized carbons (Fsp3) is 0.615. The SMILES string of the molecule is CCC1CN(c2cc3n[nH]c(=O)n3cn2)C(CC)CN1. The molecule has 1 saturated heterocycles. The molecule has 3 rings (SSSR count). The second kappa shape index (κ2) is 5.24. The normalized spacial score (nSPS) is 23.4. The Hall–Kier alpha value is -1.89. The first-order valence-electron chi connectivity index (χ1n) is 7.15. The lowest BCUT2D eigenvalue weighted by atomic mass is 10.1. The third-order valence-corrected chi connectivity index (χ3v) is 4.05. The molecular weight excluding hydrogens is 256 g/mol. The van der Waals surface area contributed by atoms with Gasteiger partial charge in [-0.2, -0.15) is 5.10 Å². The molecule has 0 amide bonds. The van der Waals surface area contributed by atoms with E-state index in [-0.39, 0.29) is 5.69 Å². The van der Waals surface area contributed by atoms with Crippen LogP contribution in [0.5, 0.6) is 0 Å².